The summed E-state index contributed by atoms with van der Waals surface area (Å²) in [5, 5.41) is 12.5. The van der Waals surface area contributed by atoms with Crippen LogP contribution in [0.15, 0.2) is 48.9 Å². The lowest BCUT2D eigenvalue weighted by Crippen LogP contribution is -2.47. The highest BCUT2D eigenvalue weighted by Crippen LogP contribution is 2.22. The van der Waals surface area contributed by atoms with Crippen LogP contribution in [0, 0.1) is 0 Å². The summed E-state index contributed by atoms with van der Waals surface area (Å²) >= 11 is 0. The van der Waals surface area contributed by atoms with Gasteiger partial charge >= 0.3 is 0 Å². The predicted molar refractivity (Wildman–Crippen MR) is 110 cm³/mol. The third kappa shape index (κ3) is 3.46. The van der Waals surface area contributed by atoms with Crippen LogP contribution < -0.4 is 9.80 Å². The van der Waals surface area contributed by atoms with Crippen molar-refractivity contribution in [3.63, 3.8) is 0 Å². The first-order valence-electron chi connectivity index (χ1n) is 9.76. The summed E-state index contributed by atoms with van der Waals surface area (Å²) in [7, 11) is 0. The summed E-state index contributed by atoms with van der Waals surface area (Å²) in [5.74, 6) is 2.57. The van der Waals surface area contributed by atoms with Crippen molar-refractivity contribution >= 4 is 17.3 Å². The maximum atomic E-state index is 4.80. The normalized spacial score (nSPS) is 14.5. The summed E-state index contributed by atoms with van der Waals surface area (Å²) in [6, 6.07) is 11.8. The summed E-state index contributed by atoms with van der Waals surface area (Å²) < 4.78 is 1.71. The lowest BCUT2D eigenvalue weighted by molar-refractivity contribution is 0.635. The highest BCUT2D eigenvalue weighted by atomic mass is 15.4. The van der Waals surface area contributed by atoms with E-state index in [1.165, 1.54) is 0 Å². The molecule has 0 aromatic carbocycles. The molecule has 0 radical (unpaired) electrons. The topological polar surface area (TPSA) is 88.2 Å². The van der Waals surface area contributed by atoms with E-state index in [9.17, 15) is 0 Å². The summed E-state index contributed by atoms with van der Waals surface area (Å²) in [5.41, 5.74) is 2.58. The van der Waals surface area contributed by atoms with Gasteiger partial charge in [0, 0.05) is 44.1 Å². The highest BCUT2D eigenvalue weighted by molar-refractivity contribution is 5.55. The minimum Gasteiger partial charge on any atom is -0.353 e. The third-order valence-electron chi connectivity index (χ3n) is 5.10. The SMILES string of the molecule is CCc1cc(N2CCN(c3ccc4nncn4n3)CC2)nc(-c2ccccn2)n1. The quantitative estimate of drug-likeness (QED) is 0.524. The zero-order valence-corrected chi connectivity index (χ0v) is 16.2. The Morgan fingerprint density at radius 2 is 1.76 bits per heavy atom. The second-order valence-corrected chi connectivity index (χ2v) is 6.91. The van der Waals surface area contributed by atoms with E-state index in [1.807, 2.05) is 30.3 Å². The number of hydrogen-bond donors (Lipinski definition) is 0. The van der Waals surface area contributed by atoms with E-state index < -0.39 is 0 Å². The van der Waals surface area contributed by atoms with Gasteiger partial charge in [-0.15, -0.1) is 15.3 Å². The Morgan fingerprint density at radius 3 is 2.52 bits per heavy atom. The van der Waals surface area contributed by atoms with Crippen molar-refractivity contribution in [2.75, 3.05) is 36.0 Å². The fourth-order valence-corrected chi connectivity index (χ4v) is 3.49. The van der Waals surface area contributed by atoms with E-state index in [0.717, 1.165) is 61.3 Å². The van der Waals surface area contributed by atoms with Crippen molar-refractivity contribution < 1.29 is 0 Å². The molecule has 1 fully saturated rings. The van der Waals surface area contributed by atoms with Gasteiger partial charge in [-0.25, -0.2) is 9.97 Å². The van der Waals surface area contributed by atoms with Crippen LogP contribution in [0.5, 0.6) is 0 Å². The molecule has 0 N–H and O–H groups in total. The second kappa shape index (κ2) is 7.42. The Kier molecular flexibility index (Phi) is 4.47. The maximum Gasteiger partial charge on any atom is 0.180 e. The van der Waals surface area contributed by atoms with Gasteiger partial charge in [-0.2, -0.15) is 4.52 Å². The summed E-state index contributed by atoms with van der Waals surface area (Å²) in [6.07, 6.45) is 4.26. The van der Waals surface area contributed by atoms with Crippen molar-refractivity contribution in [1.82, 2.24) is 34.8 Å². The number of fused-ring (bicyclic) bond motifs is 1. The van der Waals surface area contributed by atoms with Crippen molar-refractivity contribution in [1.29, 1.82) is 0 Å². The van der Waals surface area contributed by atoms with Crippen LogP contribution in [-0.4, -0.2) is 60.9 Å². The van der Waals surface area contributed by atoms with E-state index in [1.54, 1.807) is 17.0 Å². The van der Waals surface area contributed by atoms with E-state index in [2.05, 4.69) is 48.1 Å². The zero-order valence-electron chi connectivity index (χ0n) is 16.2. The van der Waals surface area contributed by atoms with Crippen LogP contribution in [0.3, 0.4) is 0 Å². The van der Waals surface area contributed by atoms with Crippen LogP contribution in [0.4, 0.5) is 11.6 Å². The molecular formula is C20H21N9. The molecule has 1 saturated heterocycles. The monoisotopic (exact) mass is 387 g/mol. The van der Waals surface area contributed by atoms with Gasteiger partial charge in [0.25, 0.3) is 0 Å². The minimum atomic E-state index is 0.683. The zero-order chi connectivity index (χ0) is 19.6. The van der Waals surface area contributed by atoms with Crippen molar-refractivity contribution in [2.24, 2.45) is 0 Å². The molecule has 0 unspecified atom stereocenters. The lowest BCUT2D eigenvalue weighted by atomic mass is 10.2. The van der Waals surface area contributed by atoms with E-state index in [0.29, 0.717) is 5.82 Å². The molecule has 0 amide bonds. The van der Waals surface area contributed by atoms with Crippen molar-refractivity contribution in [2.45, 2.75) is 13.3 Å². The molecule has 9 heteroatoms. The average molecular weight is 387 g/mol. The predicted octanol–water partition coefficient (Wildman–Crippen LogP) is 1.87. The van der Waals surface area contributed by atoms with Gasteiger partial charge in [0.2, 0.25) is 0 Å². The minimum absolute atomic E-state index is 0.683. The number of pyridine rings is 1. The molecule has 0 aliphatic carbocycles. The van der Waals surface area contributed by atoms with Gasteiger partial charge in [-0.3, -0.25) is 4.98 Å². The highest BCUT2D eigenvalue weighted by Gasteiger charge is 2.21. The molecule has 146 valence electrons. The Hall–Kier alpha value is -3.62. The molecule has 4 aromatic rings. The van der Waals surface area contributed by atoms with Crippen LogP contribution in [0.2, 0.25) is 0 Å². The van der Waals surface area contributed by atoms with Crippen molar-refractivity contribution in [3.8, 4) is 11.5 Å². The first-order valence-corrected chi connectivity index (χ1v) is 9.76. The summed E-state index contributed by atoms with van der Waals surface area (Å²) in [6.45, 7) is 5.57. The van der Waals surface area contributed by atoms with Gasteiger partial charge in [0.15, 0.2) is 11.5 Å². The number of aryl methyl sites for hydroxylation is 1. The number of nitrogens with zero attached hydrogens (tertiary/aromatic N) is 9. The molecule has 29 heavy (non-hydrogen) atoms. The first-order chi connectivity index (χ1) is 14.3. The molecule has 0 saturated carbocycles. The third-order valence-corrected chi connectivity index (χ3v) is 5.10. The van der Waals surface area contributed by atoms with Gasteiger partial charge in [-0.1, -0.05) is 13.0 Å². The van der Waals surface area contributed by atoms with Crippen LogP contribution in [0.25, 0.3) is 17.2 Å². The Balaban J connectivity index is 1.36. The smallest absolute Gasteiger partial charge is 0.180 e. The molecule has 5 heterocycles. The van der Waals surface area contributed by atoms with Crippen LogP contribution in [-0.2, 0) is 6.42 Å². The van der Waals surface area contributed by atoms with Crippen LogP contribution in [0.1, 0.15) is 12.6 Å². The number of piperazine rings is 1. The number of hydrogen-bond acceptors (Lipinski definition) is 8. The largest absolute Gasteiger partial charge is 0.353 e. The average Bonchev–Trinajstić information content (AvgIpc) is 3.27. The Morgan fingerprint density at radius 1 is 0.931 bits per heavy atom. The molecule has 0 spiro atoms. The molecule has 1 aliphatic rings. The molecular weight excluding hydrogens is 366 g/mol. The fourth-order valence-electron chi connectivity index (χ4n) is 3.49. The Bertz CT molecular complexity index is 1120. The van der Waals surface area contributed by atoms with Gasteiger partial charge in [-0.05, 0) is 30.7 Å². The molecule has 9 nitrogen and oxygen atoms in total. The molecule has 0 bridgehead atoms. The van der Waals surface area contributed by atoms with Crippen molar-refractivity contribution in [3.05, 3.63) is 54.6 Å². The number of anilines is 2. The molecule has 0 atom stereocenters. The lowest BCUT2D eigenvalue weighted by Gasteiger charge is -2.36. The molecule has 1 aliphatic heterocycles. The van der Waals surface area contributed by atoms with Gasteiger partial charge in [0.05, 0.1) is 0 Å². The molecule has 5 rings (SSSR count). The second-order valence-electron chi connectivity index (χ2n) is 6.91. The van der Waals surface area contributed by atoms with E-state index in [-0.39, 0.29) is 0 Å². The maximum absolute atomic E-state index is 4.80. The summed E-state index contributed by atoms with van der Waals surface area (Å²) in [4.78, 5) is 18.5. The fraction of sp³-hybridized carbons (Fsp3) is 0.300. The molecule has 4 aromatic heterocycles. The Labute approximate surface area is 168 Å². The standard InChI is InChI=1S/C20H21N9/c1-2-15-13-19(24-20(23-15)16-5-3-4-8-21-16)28-11-9-27(10-12-28)18-7-6-17-25-22-14-29(17)26-18/h3-8,13-14H,2,9-12H2,1H3. The number of rotatable bonds is 4. The van der Waals surface area contributed by atoms with Gasteiger partial charge < -0.3 is 9.80 Å². The van der Waals surface area contributed by atoms with Crippen LogP contribution >= 0.6 is 0 Å². The number of aromatic nitrogens is 7. The van der Waals surface area contributed by atoms with Gasteiger partial charge in [0.1, 0.15) is 23.7 Å². The van der Waals surface area contributed by atoms with E-state index >= 15 is 0 Å². The van der Waals surface area contributed by atoms with E-state index in [4.69, 9.17) is 4.98 Å². The first kappa shape index (κ1) is 17.5.